The number of unbranched alkanes of at least 4 members (excludes halogenated alkanes) is 1. The van der Waals surface area contributed by atoms with Gasteiger partial charge in [-0.1, -0.05) is 19.4 Å². The second-order valence-corrected chi connectivity index (χ2v) is 5.45. The highest BCUT2D eigenvalue weighted by Crippen LogP contribution is 2.20. The van der Waals surface area contributed by atoms with Crippen LogP contribution in [0.4, 0.5) is 8.78 Å². The van der Waals surface area contributed by atoms with Crippen LogP contribution in [0.1, 0.15) is 47.2 Å². The first-order chi connectivity index (χ1) is 11.5. The third-order valence-electron chi connectivity index (χ3n) is 3.88. The van der Waals surface area contributed by atoms with E-state index < -0.39 is 23.2 Å². The van der Waals surface area contributed by atoms with Crippen molar-refractivity contribution in [3.05, 3.63) is 52.6 Å². The van der Waals surface area contributed by atoms with Crippen molar-refractivity contribution in [3.63, 3.8) is 0 Å². The molecule has 0 bridgehead atoms. The number of carbonyl (C=O) groups excluding carboxylic acids is 1. The molecule has 0 aliphatic carbocycles. The maximum absolute atomic E-state index is 14.3. The quantitative estimate of drug-likeness (QED) is 0.708. The van der Waals surface area contributed by atoms with Crippen LogP contribution in [0.25, 0.3) is 0 Å². The fourth-order valence-electron chi connectivity index (χ4n) is 2.49. The van der Waals surface area contributed by atoms with Crippen molar-refractivity contribution < 1.29 is 18.3 Å². The summed E-state index contributed by atoms with van der Waals surface area (Å²) in [5.41, 5.74) is 6.16. The molecule has 1 aromatic carbocycles. The molecule has 0 aliphatic heterocycles. The van der Waals surface area contributed by atoms with Gasteiger partial charge in [-0.05, 0) is 12.5 Å². The number of aryl methyl sites for hydroxylation is 1. The fourth-order valence-corrected chi connectivity index (χ4v) is 2.49. The minimum atomic E-state index is -1.20. The summed E-state index contributed by atoms with van der Waals surface area (Å²) in [4.78, 5) is 15.8. The van der Waals surface area contributed by atoms with Crippen LogP contribution >= 0.6 is 24.8 Å². The molecule has 5 nitrogen and oxygen atoms in total. The summed E-state index contributed by atoms with van der Waals surface area (Å²) < 4.78 is 34.6. The molecular weight excluding hydrogens is 387 g/mol. The zero-order chi connectivity index (χ0) is 17.7. The average Bonchev–Trinajstić information content (AvgIpc) is 2.98. The van der Waals surface area contributed by atoms with E-state index in [2.05, 4.69) is 16.6 Å². The first-order valence-corrected chi connectivity index (χ1v) is 7.82. The molecule has 0 saturated carbocycles. The van der Waals surface area contributed by atoms with Crippen molar-refractivity contribution in [2.75, 3.05) is 7.11 Å². The largest absolute Gasteiger partial charge is 0.465 e. The van der Waals surface area contributed by atoms with E-state index in [1.54, 1.807) is 10.8 Å². The molecule has 0 saturated heterocycles. The summed E-state index contributed by atoms with van der Waals surface area (Å²) in [6, 6.07) is 2.61. The monoisotopic (exact) mass is 409 g/mol. The maximum Gasteiger partial charge on any atom is 0.340 e. The normalized spacial score (nSPS) is 10.0. The highest BCUT2D eigenvalue weighted by atomic mass is 35.5. The van der Waals surface area contributed by atoms with Gasteiger partial charge < -0.3 is 15.0 Å². The van der Waals surface area contributed by atoms with E-state index in [0.717, 1.165) is 37.9 Å². The van der Waals surface area contributed by atoms with E-state index in [9.17, 15) is 13.6 Å². The summed E-state index contributed by atoms with van der Waals surface area (Å²) in [5, 5.41) is 0. The number of nitrogens with zero attached hydrogens (tertiary/aromatic N) is 2. The van der Waals surface area contributed by atoms with Gasteiger partial charge in [0.2, 0.25) is 0 Å². The maximum atomic E-state index is 14.3. The van der Waals surface area contributed by atoms with Crippen LogP contribution < -0.4 is 5.73 Å². The Morgan fingerprint density at radius 1 is 1.27 bits per heavy atom. The second kappa shape index (κ2) is 11.1. The van der Waals surface area contributed by atoms with Crippen molar-refractivity contribution in [2.24, 2.45) is 5.73 Å². The van der Waals surface area contributed by atoms with Crippen molar-refractivity contribution in [1.82, 2.24) is 9.55 Å². The molecule has 146 valence electrons. The van der Waals surface area contributed by atoms with Gasteiger partial charge in [0.1, 0.15) is 5.82 Å². The lowest BCUT2D eigenvalue weighted by molar-refractivity contribution is 0.0594. The number of benzene rings is 1. The molecule has 9 heteroatoms. The van der Waals surface area contributed by atoms with E-state index in [0.29, 0.717) is 0 Å². The molecule has 0 spiro atoms. The average molecular weight is 410 g/mol. The van der Waals surface area contributed by atoms with E-state index >= 15 is 0 Å². The van der Waals surface area contributed by atoms with Gasteiger partial charge in [-0.25, -0.2) is 18.6 Å². The molecule has 2 aromatic rings. The molecule has 0 radical (unpaired) electrons. The minimum Gasteiger partial charge on any atom is -0.465 e. The molecule has 2 rings (SSSR count). The molecule has 1 heterocycles. The Morgan fingerprint density at radius 2 is 1.96 bits per heavy atom. The Kier molecular flexibility index (Phi) is 10.4. The molecule has 0 atom stereocenters. The second-order valence-electron chi connectivity index (χ2n) is 5.45. The highest BCUT2D eigenvalue weighted by molar-refractivity contribution is 5.89. The number of ether oxygens (including phenoxy) is 1. The fraction of sp³-hybridized carbons (Fsp3) is 0.412. The smallest absolute Gasteiger partial charge is 0.340 e. The molecule has 0 unspecified atom stereocenters. The van der Waals surface area contributed by atoms with Gasteiger partial charge in [0.05, 0.1) is 24.9 Å². The Hall–Kier alpha value is -1.70. The number of methoxy groups -OCH3 is 1. The van der Waals surface area contributed by atoms with Crippen LogP contribution in [0.2, 0.25) is 0 Å². The number of aromatic nitrogens is 2. The molecule has 2 N–H and O–H groups in total. The number of hydrogen-bond acceptors (Lipinski definition) is 4. The summed E-state index contributed by atoms with van der Waals surface area (Å²) in [7, 11) is 1.12. The molecule has 0 amide bonds. The third kappa shape index (κ3) is 5.16. The third-order valence-corrected chi connectivity index (χ3v) is 3.88. The lowest BCUT2D eigenvalue weighted by Gasteiger charge is -2.13. The SMILES string of the molecule is CCCCc1ncc(CN)n1Cc1ccc(C(=O)OC)c(F)c1F.Cl.Cl. The Morgan fingerprint density at radius 3 is 2.54 bits per heavy atom. The minimum absolute atomic E-state index is 0. The predicted molar refractivity (Wildman–Crippen MR) is 100 cm³/mol. The Balaban J connectivity index is 0.00000312. The van der Waals surface area contributed by atoms with Gasteiger partial charge in [0.15, 0.2) is 11.6 Å². The van der Waals surface area contributed by atoms with Crippen LogP contribution in [-0.4, -0.2) is 22.6 Å². The lowest BCUT2D eigenvalue weighted by Crippen LogP contribution is -2.14. The number of halogens is 4. The summed E-state index contributed by atoms with van der Waals surface area (Å²) in [5.74, 6) is -2.39. The van der Waals surface area contributed by atoms with Gasteiger partial charge >= 0.3 is 5.97 Å². The van der Waals surface area contributed by atoms with Crippen LogP contribution in [0.5, 0.6) is 0 Å². The molecule has 26 heavy (non-hydrogen) atoms. The first kappa shape index (κ1) is 24.3. The van der Waals surface area contributed by atoms with E-state index in [1.807, 2.05) is 0 Å². The van der Waals surface area contributed by atoms with Crippen LogP contribution in [0.3, 0.4) is 0 Å². The Bertz CT molecular complexity index is 739. The molecule has 0 fully saturated rings. The molecule has 1 aromatic heterocycles. The molecular formula is C17H23Cl2F2N3O2. The van der Waals surface area contributed by atoms with Crippen molar-refractivity contribution in [3.8, 4) is 0 Å². The summed E-state index contributed by atoms with van der Waals surface area (Å²) >= 11 is 0. The van der Waals surface area contributed by atoms with Crippen molar-refractivity contribution >= 4 is 30.8 Å². The van der Waals surface area contributed by atoms with Gasteiger partial charge in [-0.3, -0.25) is 0 Å². The number of rotatable bonds is 7. The number of hydrogen-bond donors (Lipinski definition) is 1. The number of imidazole rings is 1. The zero-order valence-corrected chi connectivity index (χ0v) is 16.3. The molecule has 0 aliphatic rings. The predicted octanol–water partition coefficient (Wildman–Crippen LogP) is 3.64. The van der Waals surface area contributed by atoms with Gasteiger partial charge in [-0.2, -0.15) is 0 Å². The topological polar surface area (TPSA) is 70.1 Å². The number of carbonyl (C=O) groups is 1. The zero-order valence-electron chi connectivity index (χ0n) is 14.6. The lowest BCUT2D eigenvalue weighted by atomic mass is 10.1. The number of esters is 1. The van der Waals surface area contributed by atoms with E-state index in [4.69, 9.17) is 5.73 Å². The summed E-state index contributed by atoms with van der Waals surface area (Å²) in [6.45, 7) is 2.43. The Labute approximate surface area is 163 Å². The van der Waals surface area contributed by atoms with Crippen molar-refractivity contribution in [2.45, 2.75) is 39.3 Å². The van der Waals surface area contributed by atoms with Crippen LogP contribution in [0.15, 0.2) is 18.3 Å². The van der Waals surface area contributed by atoms with E-state index in [1.165, 1.54) is 12.1 Å². The van der Waals surface area contributed by atoms with Gasteiger partial charge in [0, 0.05) is 24.7 Å². The highest BCUT2D eigenvalue weighted by Gasteiger charge is 2.20. The van der Waals surface area contributed by atoms with Crippen molar-refractivity contribution in [1.29, 1.82) is 0 Å². The van der Waals surface area contributed by atoms with Crippen LogP contribution in [-0.2, 0) is 24.2 Å². The van der Waals surface area contributed by atoms with Crippen LogP contribution in [0, 0.1) is 11.6 Å². The van der Waals surface area contributed by atoms with E-state index in [-0.39, 0.29) is 43.5 Å². The summed E-state index contributed by atoms with van der Waals surface area (Å²) in [6.07, 6.45) is 4.34. The first-order valence-electron chi connectivity index (χ1n) is 7.82. The number of nitrogens with two attached hydrogens (primary N) is 1. The standard InChI is InChI=1S/C17H21F2N3O2.2ClH/c1-3-4-5-14-21-9-12(8-20)22(14)10-11-6-7-13(17(23)24-2)16(19)15(11)18;;/h6-7,9H,3-5,8,10,20H2,1-2H3;2*1H. The van der Waals surface area contributed by atoms with Gasteiger partial charge in [0.25, 0.3) is 0 Å². The van der Waals surface area contributed by atoms with Gasteiger partial charge in [-0.15, -0.1) is 24.8 Å².